The Morgan fingerprint density at radius 2 is 1.74 bits per heavy atom. The van der Waals surface area contributed by atoms with Gasteiger partial charge in [0.2, 0.25) is 0 Å². The van der Waals surface area contributed by atoms with Gasteiger partial charge in [-0.15, -0.1) is 0 Å². The number of fused-ring (bicyclic) bond motifs is 1. The van der Waals surface area contributed by atoms with Crippen molar-refractivity contribution in [3.05, 3.63) is 101 Å². The van der Waals surface area contributed by atoms with Crippen LogP contribution in [0.15, 0.2) is 78.5 Å². The molecule has 0 radical (unpaired) electrons. The summed E-state index contributed by atoms with van der Waals surface area (Å²) in [6.07, 6.45) is 2.46. The fourth-order valence-corrected chi connectivity index (χ4v) is 5.70. The number of Topliss-reactive ketones (excluding diaryl/α,β-unsaturated/α-hetero) is 1. The van der Waals surface area contributed by atoms with E-state index in [1.165, 1.54) is 0 Å². The molecule has 1 atom stereocenters. The van der Waals surface area contributed by atoms with Crippen molar-refractivity contribution in [2.45, 2.75) is 39.8 Å². The third-order valence-corrected chi connectivity index (χ3v) is 7.98. The number of ketones is 1. The van der Waals surface area contributed by atoms with E-state index in [4.69, 9.17) is 9.47 Å². The van der Waals surface area contributed by atoms with Crippen molar-refractivity contribution in [3.63, 3.8) is 0 Å². The smallest absolute Gasteiger partial charge is 0.295 e. The number of aromatic nitrogens is 2. The zero-order chi connectivity index (χ0) is 30.5. The normalized spacial score (nSPS) is 16.4. The van der Waals surface area contributed by atoms with Crippen LogP contribution in [-0.4, -0.2) is 69.3 Å². The molecule has 1 N–H and O–H groups in total. The van der Waals surface area contributed by atoms with E-state index in [9.17, 15) is 14.7 Å². The molecule has 3 heterocycles. The lowest BCUT2D eigenvalue weighted by molar-refractivity contribution is -0.140. The maximum absolute atomic E-state index is 13.7. The first-order valence-corrected chi connectivity index (χ1v) is 14.7. The molecule has 2 aromatic carbocycles. The highest BCUT2D eigenvalue weighted by Gasteiger charge is 2.46. The summed E-state index contributed by atoms with van der Waals surface area (Å²) in [5.74, 6) is -0.617. The SMILES string of the molecule is CCN(CC)CCCN1C(=O)C(=O)C(=C(O)c2c(C)nc3ccccn23)C1c1ccc(OCc2ccccc2)c(OC)c1. The molecule has 224 valence electrons. The Kier molecular flexibility index (Phi) is 9.11. The first-order valence-electron chi connectivity index (χ1n) is 14.7. The molecule has 1 unspecified atom stereocenters. The van der Waals surface area contributed by atoms with Crippen molar-refractivity contribution in [1.82, 2.24) is 19.2 Å². The van der Waals surface area contributed by atoms with E-state index in [0.717, 1.165) is 25.2 Å². The Hall–Kier alpha value is -4.63. The monoisotopic (exact) mass is 582 g/mol. The molecule has 1 saturated heterocycles. The number of ether oxygens (including phenoxy) is 2. The summed E-state index contributed by atoms with van der Waals surface area (Å²) < 4.78 is 13.5. The molecular weight excluding hydrogens is 544 g/mol. The van der Waals surface area contributed by atoms with Crippen LogP contribution in [0.4, 0.5) is 0 Å². The molecule has 1 amide bonds. The zero-order valence-electron chi connectivity index (χ0n) is 25.1. The second-order valence-corrected chi connectivity index (χ2v) is 10.5. The molecule has 0 saturated carbocycles. The average molecular weight is 583 g/mol. The fraction of sp³-hybridized carbons (Fsp3) is 0.324. The summed E-state index contributed by atoms with van der Waals surface area (Å²) in [7, 11) is 1.55. The van der Waals surface area contributed by atoms with Gasteiger partial charge in [-0.25, -0.2) is 4.98 Å². The number of carbonyl (C=O) groups is 2. The number of aryl methyl sites for hydroxylation is 1. The number of pyridine rings is 1. The molecule has 43 heavy (non-hydrogen) atoms. The fourth-order valence-electron chi connectivity index (χ4n) is 5.70. The van der Waals surface area contributed by atoms with Gasteiger partial charge in [0.1, 0.15) is 17.9 Å². The maximum atomic E-state index is 13.7. The summed E-state index contributed by atoms with van der Waals surface area (Å²) in [6.45, 7) is 9.26. The number of nitrogens with zero attached hydrogens (tertiary/aromatic N) is 4. The molecular formula is C34H38N4O5. The van der Waals surface area contributed by atoms with Crippen LogP contribution in [0.3, 0.4) is 0 Å². The van der Waals surface area contributed by atoms with Crippen molar-refractivity contribution >= 4 is 23.1 Å². The van der Waals surface area contributed by atoms with Crippen molar-refractivity contribution in [2.75, 3.05) is 33.3 Å². The second-order valence-electron chi connectivity index (χ2n) is 10.5. The maximum Gasteiger partial charge on any atom is 0.295 e. The van der Waals surface area contributed by atoms with Crippen LogP contribution in [0.5, 0.6) is 11.5 Å². The highest BCUT2D eigenvalue weighted by Crippen LogP contribution is 2.42. The van der Waals surface area contributed by atoms with Crippen LogP contribution in [0, 0.1) is 6.92 Å². The van der Waals surface area contributed by atoms with Gasteiger partial charge < -0.3 is 24.4 Å². The highest BCUT2D eigenvalue weighted by atomic mass is 16.5. The minimum Gasteiger partial charge on any atom is -0.505 e. The predicted molar refractivity (Wildman–Crippen MR) is 165 cm³/mol. The van der Waals surface area contributed by atoms with Crippen molar-refractivity contribution in [3.8, 4) is 11.5 Å². The highest BCUT2D eigenvalue weighted by molar-refractivity contribution is 6.46. The number of benzene rings is 2. The van der Waals surface area contributed by atoms with Gasteiger partial charge in [0.25, 0.3) is 11.7 Å². The Morgan fingerprint density at radius 3 is 2.47 bits per heavy atom. The molecule has 0 aliphatic carbocycles. The summed E-state index contributed by atoms with van der Waals surface area (Å²) in [4.78, 5) is 35.6. The second kappa shape index (κ2) is 13.1. The minimum atomic E-state index is -0.817. The predicted octanol–water partition coefficient (Wildman–Crippen LogP) is 5.38. The Labute approximate surface area is 252 Å². The number of hydrogen-bond donors (Lipinski definition) is 1. The number of aliphatic hydroxyl groups excluding tert-OH is 1. The standard InChI is InChI=1S/C34H38N4O5/c1-5-36(6-2)18-12-20-38-31(25-16-17-26(27(21-25)42-4)43-22-24-13-8-7-9-14-24)29(33(40)34(38)41)32(39)30-23(3)35-28-15-10-11-19-37(28)30/h7-11,13-17,19,21,31,39H,5-6,12,18,20,22H2,1-4H3. The van der Waals surface area contributed by atoms with Crippen LogP contribution >= 0.6 is 0 Å². The van der Waals surface area contributed by atoms with Crippen LogP contribution in [-0.2, 0) is 16.2 Å². The zero-order valence-corrected chi connectivity index (χ0v) is 25.1. The van der Waals surface area contributed by atoms with Crippen LogP contribution in [0.25, 0.3) is 11.4 Å². The molecule has 9 nitrogen and oxygen atoms in total. The van der Waals surface area contributed by atoms with E-state index in [1.54, 1.807) is 41.7 Å². The largest absolute Gasteiger partial charge is 0.505 e. The van der Waals surface area contributed by atoms with Crippen LogP contribution < -0.4 is 9.47 Å². The lowest BCUT2D eigenvalue weighted by atomic mass is 9.95. The summed E-state index contributed by atoms with van der Waals surface area (Å²) >= 11 is 0. The van der Waals surface area contributed by atoms with Gasteiger partial charge in [-0.1, -0.05) is 56.3 Å². The minimum absolute atomic E-state index is 0.0293. The number of imidazole rings is 1. The van der Waals surface area contributed by atoms with Crippen molar-refractivity contribution in [2.24, 2.45) is 0 Å². The number of carbonyl (C=O) groups excluding carboxylic acids is 2. The van der Waals surface area contributed by atoms with Gasteiger partial charge in [0.05, 0.1) is 24.4 Å². The summed E-state index contributed by atoms with van der Waals surface area (Å²) in [6, 6.07) is 19.9. The number of aliphatic hydroxyl groups is 1. The van der Waals surface area contributed by atoms with Crippen LogP contribution in [0.1, 0.15) is 48.8 Å². The molecule has 0 spiro atoms. The molecule has 5 rings (SSSR count). The Balaban J connectivity index is 1.57. The van der Waals surface area contributed by atoms with E-state index < -0.39 is 17.7 Å². The van der Waals surface area contributed by atoms with Gasteiger partial charge in [-0.2, -0.15) is 0 Å². The number of methoxy groups -OCH3 is 1. The first kappa shape index (κ1) is 29.8. The van der Waals surface area contributed by atoms with Gasteiger partial charge >= 0.3 is 0 Å². The van der Waals surface area contributed by atoms with E-state index in [0.29, 0.717) is 53.7 Å². The summed E-state index contributed by atoms with van der Waals surface area (Å²) in [5, 5.41) is 11.8. The number of hydrogen-bond acceptors (Lipinski definition) is 7. The van der Waals surface area contributed by atoms with E-state index in [-0.39, 0.29) is 11.3 Å². The van der Waals surface area contributed by atoms with Crippen molar-refractivity contribution < 1.29 is 24.2 Å². The topological polar surface area (TPSA) is 96.6 Å². The van der Waals surface area contributed by atoms with E-state index in [2.05, 4.69) is 23.7 Å². The molecule has 9 heteroatoms. The van der Waals surface area contributed by atoms with E-state index >= 15 is 0 Å². The van der Waals surface area contributed by atoms with Gasteiger partial charge in [-0.3, -0.25) is 14.0 Å². The quantitative estimate of drug-likeness (QED) is 0.136. The first-order chi connectivity index (χ1) is 20.9. The lowest BCUT2D eigenvalue weighted by Crippen LogP contribution is -2.33. The van der Waals surface area contributed by atoms with Gasteiger partial charge in [-0.05, 0) is 68.4 Å². The molecule has 4 aromatic rings. The number of rotatable bonds is 12. The van der Waals surface area contributed by atoms with E-state index in [1.807, 2.05) is 54.6 Å². The Morgan fingerprint density at radius 1 is 1.00 bits per heavy atom. The molecule has 1 aliphatic heterocycles. The summed E-state index contributed by atoms with van der Waals surface area (Å²) in [5.41, 5.74) is 3.25. The third kappa shape index (κ3) is 5.99. The average Bonchev–Trinajstić information content (AvgIpc) is 3.50. The third-order valence-electron chi connectivity index (χ3n) is 7.98. The lowest BCUT2D eigenvalue weighted by Gasteiger charge is -2.27. The Bertz CT molecular complexity index is 1640. The van der Waals surface area contributed by atoms with Gasteiger partial charge in [0.15, 0.2) is 17.3 Å². The molecule has 0 bridgehead atoms. The molecule has 1 aliphatic rings. The molecule has 2 aromatic heterocycles. The van der Waals surface area contributed by atoms with Gasteiger partial charge in [0, 0.05) is 12.7 Å². The number of amides is 1. The number of likely N-dealkylation sites (tertiary alicyclic amines) is 1. The van der Waals surface area contributed by atoms with Crippen molar-refractivity contribution in [1.29, 1.82) is 0 Å². The van der Waals surface area contributed by atoms with Crippen LogP contribution in [0.2, 0.25) is 0 Å². The molecule has 1 fully saturated rings.